The molecule has 0 saturated heterocycles. The van der Waals surface area contributed by atoms with Gasteiger partial charge in [0.1, 0.15) is 0 Å². The standard InChI is InChI=1S/C8H11N3/c1-5-3-4-7-8(9-5)11-6(2)10-7/h3-4,6,10H,1-2H3,(H,9,11). The van der Waals surface area contributed by atoms with Crippen LogP contribution < -0.4 is 10.6 Å². The van der Waals surface area contributed by atoms with Crippen LogP contribution in [0, 0.1) is 6.92 Å². The van der Waals surface area contributed by atoms with Gasteiger partial charge in [0.2, 0.25) is 0 Å². The summed E-state index contributed by atoms with van der Waals surface area (Å²) in [4.78, 5) is 4.33. The molecule has 0 saturated carbocycles. The number of hydrogen-bond donors (Lipinski definition) is 2. The molecule has 1 aliphatic rings. The van der Waals surface area contributed by atoms with Gasteiger partial charge in [-0.15, -0.1) is 0 Å². The van der Waals surface area contributed by atoms with E-state index in [0.717, 1.165) is 17.2 Å². The highest BCUT2D eigenvalue weighted by Crippen LogP contribution is 2.25. The van der Waals surface area contributed by atoms with E-state index >= 15 is 0 Å². The van der Waals surface area contributed by atoms with Crippen molar-refractivity contribution in [1.29, 1.82) is 0 Å². The Bertz CT molecular complexity index is 283. The van der Waals surface area contributed by atoms with Crippen LogP contribution in [0.2, 0.25) is 0 Å². The Hall–Kier alpha value is -1.25. The Morgan fingerprint density at radius 3 is 3.00 bits per heavy atom. The molecule has 1 aromatic heterocycles. The van der Waals surface area contributed by atoms with E-state index in [2.05, 4.69) is 22.5 Å². The summed E-state index contributed by atoms with van der Waals surface area (Å²) in [6.45, 7) is 4.06. The monoisotopic (exact) mass is 149 g/mol. The first-order valence-electron chi connectivity index (χ1n) is 3.76. The fraction of sp³-hybridized carbons (Fsp3) is 0.375. The van der Waals surface area contributed by atoms with E-state index in [1.165, 1.54) is 0 Å². The second-order valence-corrected chi connectivity index (χ2v) is 2.86. The Balaban J connectivity index is 2.43. The van der Waals surface area contributed by atoms with Gasteiger partial charge in [-0.1, -0.05) is 0 Å². The normalized spacial score (nSPS) is 20.4. The van der Waals surface area contributed by atoms with Crippen LogP contribution in [0.3, 0.4) is 0 Å². The minimum absolute atomic E-state index is 0.305. The number of pyridine rings is 1. The molecule has 3 heteroatoms. The predicted octanol–water partition coefficient (Wildman–Crippen LogP) is 1.57. The molecular formula is C8H11N3. The minimum atomic E-state index is 0.305. The maximum Gasteiger partial charge on any atom is 0.151 e. The summed E-state index contributed by atoms with van der Waals surface area (Å²) in [5, 5.41) is 6.47. The maximum absolute atomic E-state index is 4.33. The summed E-state index contributed by atoms with van der Waals surface area (Å²) < 4.78 is 0. The van der Waals surface area contributed by atoms with Crippen LogP contribution in [0.15, 0.2) is 12.1 Å². The number of nitrogens with one attached hydrogen (secondary N) is 2. The topological polar surface area (TPSA) is 37.0 Å². The molecule has 2 rings (SSSR count). The average molecular weight is 149 g/mol. The number of aryl methyl sites for hydroxylation is 1. The zero-order valence-electron chi connectivity index (χ0n) is 6.68. The molecule has 1 atom stereocenters. The molecule has 1 aromatic rings. The summed E-state index contributed by atoms with van der Waals surface area (Å²) in [6, 6.07) is 4.06. The molecule has 11 heavy (non-hydrogen) atoms. The van der Waals surface area contributed by atoms with Gasteiger partial charge in [0.05, 0.1) is 11.9 Å². The molecule has 0 fully saturated rings. The van der Waals surface area contributed by atoms with Crippen LogP contribution in [0.25, 0.3) is 0 Å². The summed E-state index contributed by atoms with van der Waals surface area (Å²) >= 11 is 0. The second-order valence-electron chi connectivity index (χ2n) is 2.86. The van der Waals surface area contributed by atoms with Crippen molar-refractivity contribution < 1.29 is 0 Å². The van der Waals surface area contributed by atoms with E-state index in [1.54, 1.807) is 0 Å². The lowest BCUT2D eigenvalue weighted by Crippen LogP contribution is -2.16. The van der Waals surface area contributed by atoms with E-state index in [-0.39, 0.29) is 0 Å². The molecule has 0 bridgehead atoms. The van der Waals surface area contributed by atoms with E-state index in [1.807, 2.05) is 19.1 Å². The molecule has 0 spiro atoms. The van der Waals surface area contributed by atoms with Crippen molar-refractivity contribution in [1.82, 2.24) is 4.98 Å². The number of nitrogens with zero attached hydrogens (tertiary/aromatic N) is 1. The highest BCUT2D eigenvalue weighted by Gasteiger charge is 2.15. The zero-order chi connectivity index (χ0) is 7.84. The molecule has 3 nitrogen and oxygen atoms in total. The van der Waals surface area contributed by atoms with Crippen LogP contribution in [0.4, 0.5) is 11.5 Å². The van der Waals surface area contributed by atoms with Gasteiger partial charge in [0, 0.05) is 5.69 Å². The van der Waals surface area contributed by atoms with Gasteiger partial charge in [-0.2, -0.15) is 0 Å². The van der Waals surface area contributed by atoms with Gasteiger partial charge in [0.15, 0.2) is 5.82 Å². The van der Waals surface area contributed by atoms with E-state index < -0.39 is 0 Å². The highest BCUT2D eigenvalue weighted by molar-refractivity contribution is 5.70. The summed E-state index contributed by atoms with van der Waals surface area (Å²) in [6.07, 6.45) is 0.305. The summed E-state index contributed by atoms with van der Waals surface area (Å²) in [5.74, 6) is 0.970. The number of hydrogen-bond acceptors (Lipinski definition) is 3. The third-order valence-corrected chi connectivity index (χ3v) is 1.76. The molecule has 2 heterocycles. The third kappa shape index (κ3) is 1.02. The molecule has 0 amide bonds. The Labute approximate surface area is 65.8 Å². The van der Waals surface area contributed by atoms with Gasteiger partial charge in [-0.3, -0.25) is 0 Å². The smallest absolute Gasteiger partial charge is 0.151 e. The van der Waals surface area contributed by atoms with Gasteiger partial charge >= 0.3 is 0 Å². The third-order valence-electron chi connectivity index (χ3n) is 1.76. The zero-order valence-corrected chi connectivity index (χ0v) is 6.68. The molecule has 0 aliphatic carbocycles. The number of fused-ring (bicyclic) bond motifs is 1. The Morgan fingerprint density at radius 2 is 2.18 bits per heavy atom. The van der Waals surface area contributed by atoms with E-state index in [4.69, 9.17) is 0 Å². The number of rotatable bonds is 0. The number of anilines is 2. The lowest BCUT2D eigenvalue weighted by Gasteiger charge is -2.01. The highest BCUT2D eigenvalue weighted by atomic mass is 15.2. The first kappa shape index (κ1) is 6.46. The molecule has 58 valence electrons. The van der Waals surface area contributed by atoms with Crippen LogP contribution in [-0.4, -0.2) is 11.1 Å². The van der Waals surface area contributed by atoms with Gasteiger partial charge in [-0.05, 0) is 26.0 Å². The van der Waals surface area contributed by atoms with Crippen LogP contribution in [0.5, 0.6) is 0 Å². The summed E-state index contributed by atoms with van der Waals surface area (Å²) in [5.41, 5.74) is 2.15. The first-order valence-corrected chi connectivity index (χ1v) is 3.76. The van der Waals surface area contributed by atoms with Gasteiger partial charge < -0.3 is 10.6 Å². The van der Waals surface area contributed by atoms with Crippen LogP contribution >= 0.6 is 0 Å². The fourth-order valence-corrected chi connectivity index (χ4v) is 1.26. The number of aromatic nitrogens is 1. The van der Waals surface area contributed by atoms with Crippen molar-refractivity contribution in [2.45, 2.75) is 20.0 Å². The Kier molecular flexibility index (Phi) is 1.24. The van der Waals surface area contributed by atoms with Crippen molar-refractivity contribution in [3.05, 3.63) is 17.8 Å². The molecule has 1 unspecified atom stereocenters. The lowest BCUT2D eigenvalue weighted by atomic mass is 10.3. The van der Waals surface area contributed by atoms with Crippen molar-refractivity contribution in [2.24, 2.45) is 0 Å². The summed E-state index contributed by atoms with van der Waals surface area (Å²) in [7, 11) is 0. The molecule has 2 N–H and O–H groups in total. The fourth-order valence-electron chi connectivity index (χ4n) is 1.26. The SMILES string of the molecule is Cc1ccc2c(n1)NC(C)N2. The van der Waals surface area contributed by atoms with E-state index in [9.17, 15) is 0 Å². The van der Waals surface area contributed by atoms with Gasteiger partial charge in [0.25, 0.3) is 0 Å². The van der Waals surface area contributed by atoms with Gasteiger partial charge in [-0.25, -0.2) is 4.98 Å². The largest absolute Gasteiger partial charge is 0.363 e. The quantitative estimate of drug-likeness (QED) is 0.588. The van der Waals surface area contributed by atoms with Crippen molar-refractivity contribution >= 4 is 11.5 Å². The van der Waals surface area contributed by atoms with Crippen LogP contribution in [-0.2, 0) is 0 Å². The molecule has 0 radical (unpaired) electrons. The first-order chi connectivity index (χ1) is 5.25. The molecule has 1 aliphatic heterocycles. The average Bonchev–Trinajstić information content (AvgIpc) is 2.27. The Morgan fingerprint density at radius 1 is 1.36 bits per heavy atom. The lowest BCUT2D eigenvalue weighted by molar-refractivity contribution is 0.950. The van der Waals surface area contributed by atoms with Crippen molar-refractivity contribution in [2.75, 3.05) is 10.6 Å². The van der Waals surface area contributed by atoms with E-state index in [0.29, 0.717) is 6.17 Å². The van der Waals surface area contributed by atoms with Crippen molar-refractivity contribution in [3.8, 4) is 0 Å². The molecular weight excluding hydrogens is 138 g/mol. The maximum atomic E-state index is 4.33. The predicted molar refractivity (Wildman–Crippen MR) is 45.7 cm³/mol. The minimum Gasteiger partial charge on any atom is -0.363 e. The van der Waals surface area contributed by atoms with Crippen LogP contribution in [0.1, 0.15) is 12.6 Å². The molecule has 0 aromatic carbocycles. The second kappa shape index (κ2) is 2.12. The van der Waals surface area contributed by atoms with Crippen molar-refractivity contribution in [3.63, 3.8) is 0 Å².